The molecule has 10 aromatic rings. The lowest BCUT2D eigenvalue weighted by atomic mass is 9.94. The first-order chi connectivity index (χ1) is 23.8. The average Bonchev–Trinajstić information content (AvgIpc) is 3.52. The van der Waals surface area contributed by atoms with Gasteiger partial charge in [0.2, 0.25) is 0 Å². The third-order valence-electron chi connectivity index (χ3n) is 9.79. The molecule has 0 radical (unpaired) electrons. The van der Waals surface area contributed by atoms with Crippen LogP contribution in [-0.2, 0) is 0 Å². The van der Waals surface area contributed by atoms with Gasteiger partial charge in [0.05, 0.1) is 11.4 Å². The van der Waals surface area contributed by atoms with E-state index in [1.165, 1.54) is 85.8 Å². The predicted octanol–water partition coefficient (Wildman–Crippen LogP) is 13.8. The Morgan fingerprint density at radius 1 is 0.333 bits per heavy atom. The molecular formula is C46H29NS. The van der Waals surface area contributed by atoms with Crippen LogP contribution in [0, 0.1) is 0 Å². The summed E-state index contributed by atoms with van der Waals surface area (Å²) in [6, 6.07) is 64.6. The molecule has 0 spiro atoms. The Morgan fingerprint density at radius 3 is 1.85 bits per heavy atom. The molecule has 0 saturated carbocycles. The second kappa shape index (κ2) is 10.8. The maximum absolute atomic E-state index is 2.48. The van der Waals surface area contributed by atoms with Crippen molar-refractivity contribution in [1.82, 2.24) is 0 Å². The van der Waals surface area contributed by atoms with Gasteiger partial charge in [-0.1, -0.05) is 133 Å². The van der Waals surface area contributed by atoms with Gasteiger partial charge in [0.25, 0.3) is 0 Å². The molecule has 0 fully saturated rings. The number of benzene rings is 9. The van der Waals surface area contributed by atoms with Crippen LogP contribution in [0.2, 0.25) is 0 Å². The number of thiophene rings is 1. The summed E-state index contributed by atoms with van der Waals surface area (Å²) in [4.78, 5) is 2.48. The molecule has 0 bridgehead atoms. The van der Waals surface area contributed by atoms with Crippen LogP contribution < -0.4 is 4.90 Å². The zero-order chi connectivity index (χ0) is 31.6. The topological polar surface area (TPSA) is 3.24 Å². The molecule has 48 heavy (non-hydrogen) atoms. The highest BCUT2D eigenvalue weighted by Gasteiger charge is 2.21. The lowest BCUT2D eigenvalue weighted by Crippen LogP contribution is -2.11. The zero-order valence-corrected chi connectivity index (χ0v) is 26.9. The van der Waals surface area contributed by atoms with Gasteiger partial charge in [0.15, 0.2) is 0 Å². The molecule has 9 aromatic carbocycles. The summed E-state index contributed by atoms with van der Waals surface area (Å²) in [6.07, 6.45) is 0. The van der Waals surface area contributed by atoms with Crippen LogP contribution in [0.5, 0.6) is 0 Å². The molecule has 0 aliphatic heterocycles. The Morgan fingerprint density at radius 2 is 1.00 bits per heavy atom. The van der Waals surface area contributed by atoms with Crippen LogP contribution in [0.25, 0.3) is 74.4 Å². The van der Waals surface area contributed by atoms with Crippen molar-refractivity contribution in [2.24, 2.45) is 0 Å². The minimum atomic E-state index is 1.13. The average molecular weight is 628 g/mol. The Labute approximate surface area is 282 Å². The molecular weight excluding hydrogens is 599 g/mol. The Hall–Kier alpha value is -5.96. The SMILES string of the molecule is c1ccc(-c2ccc(N(c3cccc4cc5c(cc34)sc3ccccc35)c3cc4ccc5ccccc5c4c4ccccc34)cc2)cc1. The van der Waals surface area contributed by atoms with Gasteiger partial charge in [0.1, 0.15) is 0 Å². The van der Waals surface area contributed by atoms with Crippen molar-refractivity contribution in [3.8, 4) is 11.1 Å². The number of hydrogen-bond donors (Lipinski definition) is 0. The molecule has 1 nitrogen and oxygen atoms in total. The maximum Gasteiger partial charge on any atom is 0.0546 e. The number of nitrogens with zero attached hydrogens (tertiary/aromatic N) is 1. The summed E-state index contributed by atoms with van der Waals surface area (Å²) < 4.78 is 2.64. The molecule has 2 heteroatoms. The fourth-order valence-electron chi connectivity index (χ4n) is 7.56. The van der Waals surface area contributed by atoms with E-state index in [0.29, 0.717) is 0 Å². The van der Waals surface area contributed by atoms with Crippen molar-refractivity contribution in [2.75, 3.05) is 4.90 Å². The van der Waals surface area contributed by atoms with E-state index in [1.54, 1.807) is 0 Å². The van der Waals surface area contributed by atoms with E-state index >= 15 is 0 Å². The van der Waals surface area contributed by atoms with Crippen molar-refractivity contribution in [2.45, 2.75) is 0 Å². The molecule has 1 heterocycles. The third-order valence-corrected chi connectivity index (χ3v) is 10.9. The summed E-state index contributed by atoms with van der Waals surface area (Å²) in [5, 5.41) is 12.7. The van der Waals surface area contributed by atoms with Gasteiger partial charge in [-0.05, 0) is 85.9 Å². The lowest BCUT2D eigenvalue weighted by molar-refractivity contribution is 1.32. The molecule has 10 rings (SSSR count). The molecule has 0 aliphatic rings. The molecule has 0 saturated heterocycles. The molecule has 224 valence electrons. The first-order valence-electron chi connectivity index (χ1n) is 16.4. The summed E-state index contributed by atoms with van der Waals surface area (Å²) in [5.41, 5.74) is 5.90. The molecule has 0 unspecified atom stereocenters. The number of fused-ring (bicyclic) bond motifs is 9. The fraction of sp³-hybridized carbons (Fsp3) is 0. The van der Waals surface area contributed by atoms with E-state index in [4.69, 9.17) is 0 Å². The standard InChI is InChI=1S/C46H29NS/c1-2-11-30(12-3-1)31-23-25-35(26-24-31)47(42-19-10-14-33-27-41-38-17-8-9-20-44(38)48-45(41)29-40(33)42)43-28-34-22-21-32-13-4-5-15-36(32)46(34)39-18-7-6-16-37(39)43/h1-29H. The fourth-order valence-corrected chi connectivity index (χ4v) is 8.69. The molecule has 0 atom stereocenters. The van der Waals surface area contributed by atoms with Crippen LogP contribution in [-0.4, -0.2) is 0 Å². The zero-order valence-electron chi connectivity index (χ0n) is 26.1. The highest BCUT2D eigenvalue weighted by molar-refractivity contribution is 7.25. The Bertz CT molecular complexity index is 2830. The highest BCUT2D eigenvalue weighted by Crippen LogP contribution is 2.47. The van der Waals surface area contributed by atoms with E-state index in [-0.39, 0.29) is 0 Å². The van der Waals surface area contributed by atoms with Crippen molar-refractivity contribution >= 4 is 91.7 Å². The van der Waals surface area contributed by atoms with Gasteiger partial charge in [-0.3, -0.25) is 0 Å². The molecule has 0 N–H and O–H groups in total. The summed E-state index contributed by atoms with van der Waals surface area (Å²) in [7, 11) is 0. The number of hydrogen-bond acceptors (Lipinski definition) is 2. The number of rotatable bonds is 4. The normalized spacial score (nSPS) is 11.8. The third kappa shape index (κ3) is 4.24. The molecule has 1 aromatic heterocycles. The molecule has 0 aliphatic carbocycles. The predicted molar refractivity (Wildman–Crippen MR) is 209 cm³/mol. The smallest absolute Gasteiger partial charge is 0.0546 e. The lowest BCUT2D eigenvalue weighted by Gasteiger charge is -2.29. The monoisotopic (exact) mass is 627 g/mol. The van der Waals surface area contributed by atoms with Crippen molar-refractivity contribution in [3.05, 3.63) is 176 Å². The van der Waals surface area contributed by atoms with Gasteiger partial charge in [0, 0.05) is 36.6 Å². The van der Waals surface area contributed by atoms with Crippen LogP contribution in [0.4, 0.5) is 17.1 Å². The van der Waals surface area contributed by atoms with E-state index in [9.17, 15) is 0 Å². The minimum absolute atomic E-state index is 1.13. The van der Waals surface area contributed by atoms with E-state index < -0.39 is 0 Å². The van der Waals surface area contributed by atoms with Crippen LogP contribution in [0.15, 0.2) is 176 Å². The quantitative estimate of drug-likeness (QED) is 0.176. The Kier molecular flexibility index (Phi) is 6.12. The van der Waals surface area contributed by atoms with Crippen molar-refractivity contribution in [3.63, 3.8) is 0 Å². The van der Waals surface area contributed by atoms with Crippen LogP contribution in [0.3, 0.4) is 0 Å². The van der Waals surface area contributed by atoms with Crippen molar-refractivity contribution < 1.29 is 0 Å². The van der Waals surface area contributed by atoms with Gasteiger partial charge in [-0.15, -0.1) is 11.3 Å². The minimum Gasteiger partial charge on any atom is -0.309 e. The first-order valence-corrected chi connectivity index (χ1v) is 17.2. The van der Waals surface area contributed by atoms with Gasteiger partial charge in [-0.25, -0.2) is 0 Å². The summed E-state index contributed by atoms with van der Waals surface area (Å²) in [5.74, 6) is 0. The Balaban J connectivity index is 1.28. The van der Waals surface area contributed by atoms with E-state index in [2.05, 4.69) is 181 Å². The van der Waals surface area contributed by atoms with Crippen LogP contribution >= 0.6 is 11.3 Å². The second-order valence-electron chi connectivity index (χ2n) is 12.5. The van der Waals surface area contributed by atoms with E-state index in [0.717, 1.165) is 5.69 Å². The number of anilines is 3. The van der Waals surface area contributed by atoms with E-state index in [1.807, 2.05) is 11.3 Å². The molecule has 0 amide bonds. The van der Waals surface area contributed by atoms with Crippen LogP contribution in [0.1, 0.15) is 0 Å². The highest BCUT2D eigenvalue weighted by atomic mass is 32.1. The second-order valence-corrected chi connectivity index (χ2v) is 13.6. The largest absolute Gasteiger partial charge is 0.309 e. The summed E-state index contributed by atoms with van der Waals surface area (Å²) >= 11 is 1.88. The van der Waals surface area contributed by atoms with Gasteiger partial charge in [-0.2, -0.15) is 0 Å². The van der Waals surface area contributed by atoms with Gasteiger partial charge >= 0.3 is 0 Å². The summed E-state index contributed by atoms with van der Waals surface area (Å²) in [6.45, 7) is 0. The van der Waals surface area contributed by atoms with Gasteiger partial charge < -0.3 is 4.90 Å². The first kappa shape index (κ1) is 27.2. The van der Waals surface area contributed by atoms with Crippen molar-refractivity contribution in [1.29, 1.82) is 0 Å². The maximum atomic E-state index is 2.48.